The summed E-state index contributed by atoms with van der Waals surface area (Å²) in [7, 11) is 1.68. The van der Waals surface area contributed by atoms with Crippen LogP contribution in [0.2, 0.25) is 0 Å². The van der Waals surface area contributed by atoms with E-state index in [2.05, 4.69) is 18.7 Å². The number of fused-ring (bicyclic) bond motifs is 3. The maximum atomic E-state index is 14.6. The molecule has 1 aliphatic heterocycles. The van der Waals surface area contributed by atoms with Gasteiger partial charge < -0.3 is 19.3 Å². The van der Waals surface area contributed by atoms with Gasteiger partial charge in [-0.2, -0.15) is 0 Å². The van der Waals surface area contributed by atoms with Crippen molar-refractivity contribution in [1.29, 1.82) is 0 Å². The molecule has 2 aromatic rings. The van der Waals surface area contributed by atoms with Crippen LogP contribution in [0.5, 0.6) is 11.5 Å². The highest BCUT2D eigenvalue weighted by molar-refractivity contribution is 5.68. The van der Waals surface area contributed by atoms with Crippen molar-refractivity contribution in [3.05, 3.63) is 71.1 Å². The Bertz CT molecular complexity index is 1020. The first kappa shape index (κ1) is 22.3. The monoisotopic (exact) mass is 440 g/mol. The topological polar surface area (TPSA) is 65.0 Å². The lowest BCUT2D eigenvalue weighted by Crippen LogP contribution is -2.36. The largest absolute Gasteiger partial charge is 0.497 e. The van der Waals surface area contributed by atoms with E-state index in [1.165, 1.54) is 17.2 Å². The second-order valence-electron chi connectivity index (χ2n) is 8.69. The Labute approximate surface area is 187 Å². The number of carboxylic acid groups (broad SMARTS) is 1. The van der Waals surface area contributed by atoms with Crippen molar-refractivity contribution in [2.75, 3.05) is 13.7 Å². The molecule has 1 N–H and O–H groups in total. The fourth-order valence-corrected chi connectivity index (χ4v) is 5.09. The highest BCUT2D eigenvalue weighted by atomic mass is 19.1. The fraction of sp³-hybridized carbons (Fsp3) is 0.423. The van der Waals surface area contributed by atoms with Gasteiger partial charge in [0.25, 0.3) is 0 Å². The van der Waals surface area contributed by atoms with E-state index >= 15 is 0 Å². The summed E-state index contributed by atoms with van der Waals surface area (Å²) in [6, 6.07) is 10.9. The van der Waals surface area contributed by atoms with E-state index in [1.807, 2.05) is 13.0 Å². The number of para-hydroxylation sites is 1. The van der Waals surface area contributed by atoms with Gasteiger partial charge in [0.2, 0.25) is 0 Å². The van der Waals surface area contributed by atoms with Gasteiger partial charge in [0, 0.05) is 17.4 Å². The SMILES string of the molecule is C=C(C)[C@H]1C[C@@H]2c3ccc(OC)cc3CCC[C@@H]2O[C@@H]1c1cccc(F)c1OCC(=O)O. The molecule has 2 aromatic carbocycles. The van der Waals surface area contributed by atoms with Gasteiger partial charge in [0.15, 0.2) is 18.2 Å². The van der Waals surface area contributed by atoms with E-state index in [0.717, 1.165) is 37.0 Å². The Morgan fingerprint density at radius 1 is 1.28 bits per heavy atom. The van der Waals surface area contributed by atoms with Gasteiger partial charge >= 0.3 is 5.97 Å². The molecule has 5 nitrogen and oxygen atoms in total. The minimum atomic E-state index is -1.16. The molecule has 1 heterocycles. The van der Waals surface area contributed by atoms with Crippen LogP contribution < -0.4 is 9.47 Å². The summed E-state index contributed by atoms with van der Waals surface area (Å²) in [6.45, 7) is 5.55. The molecule has 32 heavy (non-hydrogen) atoms. The van der Waals surface area contributed by atoms with Crippen LogP contribution in [0.4, 0.5) is 4.39 Å². The van der Waals surface area contributed by atoms with Crippen molar-refractivity contribution in [2.45, 2.75) is 50.7 Å². The smallest absolute Gasteiger partial charge is 0.341 e. The van der Waals surface area contributed by atoms with Gasteiger partial charge in [-0.05, 0) is 61.9 Å². The predicted octanol–water partition coefficient (Wildman–Crippen LogP) is 5.44. The van der Waals surface area contributed by atoms with Crippen molar-refractivity contribution >= 4 is 5.97 Å². The lowest BCUT2D eigenvalue weighted by Gasteiger charge is -2.42. The molecule has 170 valence electrons. The number of aryl methyl sites for hydroxylation is 1. The van der Waals surface area contributed by atoms with Gasteiger partial charge in [0.1, 0.15) is 5.75 Å². The molecule has 1 fully saturated rings. The third-order valence-electron chi connectivity index (χ3n) is 6.60. The highest BCUT2D eigenvalue weighted by Gasteiger charge is 2.42. The second kappa shape index (κ2) is 9.33. The number of benzene rings is 2. The molecule has 4 rings (SSSR count). The maximum absolute atomic E-state index is 14.6. The first-order valence-corrected chi connectivity index (χ1v) is 11.0. The molecule has 4 atom stereocenters. The minimum Gasteiger partial charge on any atom is -0.497 e. The normalized spacial score (nSPS) is 24.6. The van der Waals surface area contributed by atoms with Gasteiger partial charge in [0.05, 0.1) is 19.3 Å². The number of carbonyl (C=O) groups is 1. The van der Waals surface area contributed by atoms with Crippen molar-refractivity contribution < 1.29 is 28.5 Å². The first-order chi connectivity index (χ1) is 15.4. The van der Waals surface area contributed by atoms with E-state index in [-0.39, 0.29) is 23.7 Å². The second-order valence-corrected chi connectivity index (χ2v) is 8.69. The van der Waals surface area contributed by atoms with E-state index in [0.29, 0.717) is 5.56 Å². The Hall–Kier alpha value is -2.86. The van der Waals surface area contributed by atoms with Crippen LogP contribution in [0.1, 0.15) is 54.9 Å². The van der Waals surface area contributed by atoms with Crippen LogP contribution in [0, 0.1) is 11.7 Å². The maximum Gasteiger partial charge on any atom is 0.341 e. The number of ether oxygens (including phenoxy) is 3. The zero-order valence-electron chi connectivity index (χ0n) is 18.5. The molecule has 6 heteroatoms. The number of halogens is 1. The molecular weight excluding hydrogens is 411 g/mol. The summed E-state index contributed by atoms with van der Waals surface area (Å²) in [5, 5.41) is 9.02. The predicted molar refractivity (Wildman–Crippen MR) is 119 cm³/mol. The van der Waals surface area contributed by atoms with Crippen molar-refractivity contribution in [3.8, 4) is 11.5 Å². The zero-order valence-corrected chi connectivity index (χ0v) is 18.5. The molecule has 0 amide bonds. The Morgan fingerprint density at radius 3 is 2.81 bits per heavy atom. The number of hydrogen-bond acceptors (Lipinski definition) is 4. The van der Waals surface area contributed by atoms with Gasteiger partial charge in [-0.1, -0.05) is 30.4 Å². The Kier molecular flexibility index (Phi) is 6.51. The summed E-state index contributed by atoms with van der Waals surface area (Å²) >= 11 is 0. The molecule has 1 saturated heterocycles. The van der Waals surface area contributed by atoms with Crippen molar-refractivity contribution in [3.63, 3.8) is 0 Å². The minimum absolute atomic E-state index is 0.0270. The molecule has 1 aliphatic carbocycles. The zero-order chi connectivity index (χ0) is 22.8. The van der Waals surface area contributed by atoms with Crippen molar-refractivity contribution in [1.82, 2.24) is 0 Å². The van der Waals surface area contributed by atoms with Crippen LogP contribution >= 0.6 is 0 Å². The van der Waals surface area contributed by atoms with Crippen LogP contribution in [0.3, 0.4) is 0 Å². The molecular formula is C26H29FO5. The molecule has 0 bridgehead atoms. The van der Waals surface area contributed by atoms with E-state index in [1.54, 1.807) is 19.2 Å². The van der Waals surface area contributed by atoms with Gasteiger partial charge in [-0.3, -0.25) is 0 Å². The van der Waals surface area contributed by atoms with E-state index in [4.69, 9.17) is 19.3 Å². The average Bonchev–Trinajstić information content (AvgIpc) is 2.95. The number of methoxy groups -OCH3 is 1. The Morgan fingerprint density at radius 2 is 2.09 bits per heavy atom. The molecule has 0 saturated carbocycles. The number of aliphatic carboxylic acids is 1. The quantitative estimate of drug-likeness (QED) is 0.606. The summed E-state index contributed by atoms with van der Waals surface area (Å²) in [4.78, 5) is 11.0. The highest BCUT2D eigenvalue weighted by Crippen LogP contribution is 2.51. The molecule has 0 unspecified atom stereocenters. The summed E-state index contributed by atoms with van der Waals surface area (Å²) in [5.74, 6) is -0.799. The molecule has 0 radical (unpaired) electrons. The average molecular weight is 441 g/mol. The first-order valence-electron chi connectivity index (χ1n) is 11.0. The fourth-order valence-electron chi connectivity index (χ4n) is 5.09. The van der Waals surface area contributed by atoms with Gasteiger partial charge in [-0.15, -0.1) is 0 Å². The van der Waals surface area contributed by atoms with Crippen molar-refractivity contribution in [2.24, 2.45) is 5.92 Å². The third-order valence-corrected chi connectivity index (χ3v) is 6.60. The number of hydrogen-bond donors (Lipinski definition) is 1. The molecule has 0 spiro atoms. The summed E-state index contributed by atoms with van der Waals surface area (Å²) < 4.78 is 32.1. The van der Waals surface area contributed by atoms with Crippen LogP contribution in [-0.4, -0.2) is 30.9 Å². The van der Waals surface area contributed by atoms with Gasteiger partial charge in [-0.25, -0.2) is 9.18 Å². The lowest BCUT2D eigenvalue weighted by atomic mass is 9.74. The molecule has 2 aliphatic rings. The summed E-state index contributed by atoms with van der Waals surface area (Å²) in [5.41, 5.74) is 4.05. The van der Waals surface area contributed by atoms with Crippen LogP contribution in [0.25, 0.3) is 0 Å². The third kappa shape index (κ3) is 4.37. The standard InChI is InChI=1S/C26H29FO5/c1-15(2)20-13-21-18-11-10-17(30-3)12-16(18)6-4-9-23(21)32-25(20)19-7-5-8-22(27)26(19)31-14-24(28)29/h5,7-8,10-12,20-21,23,25H,1,4,6,9,13-14H2,2-3H3,(H,28,29)/t20-,21-,23+,25-/m1/s1. The van der Waals surface area contributed by atoms with Crippen LogP contribution in [-0.2, 0) is 16.0 Å². The van der Waals surface area contributed by atoms with Crippen LogP contribution in [0.15, 0.2) is 48.6 Å². The van der Waals surface area contributed by atoms with E-state index < -0.39 is 24.5 Å². The molecule has 0 aromatic heterocycles. The summed E-state index contributed by atoms with van der Waals surface area (Å²) in [6.07, 6.45) is 3.17. The number of carboxylic acids is 1. The van der Waals surface area contributed by atoms with E-state index in [9.17, 15) is 9.18 Å². The Balaban J connectivity index is 1.71. The lowest BCUT2D eigenvalue weighted by molar-refractivity contribution is -0.139. The number of rotatable bonds is 6.